The van der Waals surface area contributed by atoms with Gasteiger partial charge >= 0.3 is 5.97 Å². The molecule has 6 nitrogen and oxygen atoms in total. The number of carboxylic acids is 1. The Hall–Kier alpha value is -2.89. The number of benzene rings is 1. The SMILES string of the molecule is COc1ccc(C(CC(=O)O)NC(=O)c2cccnc2)cc1. The van der Waals surface area contributed by atoms with Gasteiger partial charge in [0.15, 0.2) is 0 Å². The van der Waals surface area contributed by atoms with E-state index in [0.717, 1.165) is 0 Å². The van der Waals surface area contributed by atoms with E-state index in [1.54, 1.807) is 49.7 Å². The number of aromatic nitrogens is 1. The third-order valence-corrected chi connectivity index (χ3v) is 3.13. The average molecular weight is 300 g/mol. The third-order valence-electron chi connectivity index (χ3n) is 3.13. The molecule has 1 atom stereocenters. The van der Waals surface area contributed by atoms with Gasteiger partial charge in [-0.25, -0.2) is 0 Å². The zero-order valence-corrected chi connectivity index (χ0v) is 12.0. The average Bonchev–Trinajstić information content (AvgIpc) is 2.54. The zero-order valence-electron chi connectivity index (χ0n) is 12.0. The molecule has 0 aliphatic rings. The summed E-state index contributed by atoms with van der Waals surface area (Å²) in [5, 5.41) is 11.8. The van der Waals surface area contributed by atoms with Gasteiger partial charge in [-0.2, -0.15) is 0 Å². The number of hydrogen-bond acceptors (Lipinski definition) is 4. The maximum atomic E-state index is 12.2. The molecule has 1 heterocycles. The summed E-state index contributed by atoms with van der Waals surface area (Å²) < 4.78 is 5.07. The topological polar surface area (TPSA) is 88.5 Å². The van der Waals surface area contributed by atoms with Gasteiger partial charge in [-0.05, 0) is 29.8 Å². The van der Waals surface area contributed by atoms with Crippen LogP contribution in [0, 0.1) is 0 Å². The van der Waals surface area contributed by atoms with E-state index >= 15 is 0 Å². The van der Waals surface area contributed by atoms with Crippen molar-refractivity contribution in [3.63, 3.8) is 0 Å². The maximum absolute atomic E-state index is 12.2. The number of aliphatic carboxylic acids is 1. The number of nitrogens with zero attached hydrogens (tertiary/aromatic N) is 1. The first-order valence-electron chi connectivity index (χ1n) is 6.67. The Morgan fingerprint density at radius 1 is 1.27 bits per heavy atom. The van der Waals surface area contributed by atoms with Crippen molar-refractivity contribution in [3.05, 3.63) is 59.9 Å². The van der Waals surface area contributed by atoms with Crippen LogP contribution in [0.4, 0.5) is 0 Å². The van der Waals surface area contributed by atoms with Crippen molar-refractivity contribution in [2.75, 3.05) is 7.11 Å². The van der Waals surface area contributed by atoms with E-state index < -0.39 is 12.0 Å². The quantitative estimate of drug-likeness (QED) is 0.852. The number of carboxylic acid groups (broad SMARTS) is 1. The monoisotopic (exact) mass is 300 g/mol. The first kappa shape index (κ1) is 15.5. The summed E-state index contributed by atoms with van der Waals surface area (Å²) in [6.45, 7) is 0. The standard InChI is InChI=1S/C16H16N2O4/c1-22-13-6-4-11(5-7-13)14(9-15(19)20)18-16(21)12-3-2-8-17-10-12/h2-8,10,14H,9H2,1H3,(H,18,21)(H,19,20). The molecule has 114 valence electrons. The molecule has 2 aromatic rings. The van der Waals surface area contributed by atoms with Gasteiger partial charge in [-0.15, -0.1) is 0 Å². The molecule has 0 saturated carbocycles. The lowest BCUT2D eigenvalue weighted by molar-refractivity contribution is -0.137. The summed E-state index contributed by atoms with van der Waals surface area (Å²) in [4.78, 5) is 27.1. The van der Waals surface area contributed by atoms with Crippen LogP contribution in [-0.2, 0) is 4.79 Å². The van der Waals surface area contributed by atoms with E-state index in [1.165, 1.54) is 6.20 Å². The second-order valence-electron chi connectivity index (χ2n) is 4.64. The number of amides is 1. The Bertz CT molecular complexity index is 641. The van der Waals surface area contributed by atoms with Crippen LogP contribution in [0.5, 0.6) is 5.75 Å². The van der Waals surface area contributed by atoms with Crippen molar-refractivity contribution in [2.45, 2.75) is 12.5 Å². The second-order valence-corrected chi connectivity index (χ2v) is 4.64. The van der Waals surface area contributed by atoms with Crippen molar-refractivity contribution in [1.82, 2.24) is 10.3 Å². The van der Waals surface area contributed by atoms with Crippen LogP contribution in [-0.4, -0.2) is 29.1 Å². The highest BCUT2D eigenvalue weighted by molar-refractivity contribution is 5.94. The number of carbonyl (C=O) groups excluding carboxylic acids is 1. The molecule has 0 aliphatic heterocycles. The molecule has 1 aromatic carbocycles. The Balaban J connectivity index is 2.18. The predicted octanol–water partition coefficient (Wildman–Crippen LogP) is 2.04. The van der Waals surface area contributed by atoms with Crippen LogP contribution >= 0.6 is 0 Å². The number of pyridine rings is 1. The minimum absolute atomic E-state index is 0.210. The molecule has 1 amide bonds. The zero-order chi connectivity index (χ0) is 15.9. The Morgan fingerprint density at radius 2 is 2.00 bits per heavy atom. The van der Waals surface area contributed by atoms with Gasteiger partial charge in [0.05, 0.1) is 25.1 Å². The summed E-state index contributed by atoms with van der Waals surface area (Å²) in [5.41, 5.74) is 1.08. The molecule has 0 fully saturated rings. The van der Waals surface area contributed by atoms with E-state index in [9.17, 15) is 9.59 Å². The summed E-state index contributed by atoms with van der Waals surface area (Å²) in [6.07, 6.45) is 2.79. The van der Waals surface area contributed by atoms with Gasteiger partial charge in [0.25, 0.3) is 5.91 Å². The molecule has 0 spiro atoms. The smallest absolute Gasteiger partial charge is 0.305 e. The van der Waals surface area contributed by atoms with Gasteiger partial charge in [-0.1, -0.05) is 12.1 Å². The van der Waals surface area contributed by atoms with Gasteiger partial charge in [0.2, 0.25) is 0 Å². The normalized spacial score (nSPS) is 11.5. The highest BCUT2D eigenvalue weighted by atomic mass is 16.5. The Labute approximate surface area is 127 Å². The molecule has 0 saturated heterocycles. The van der Waals surface area contributed by atoms with Crippen LogP contribution in [0.1, 0.15) is 28.4 Å². The van der Waals surface area contributed by atoms with Crippen molar-refractivity contribution in [2.24, 2.45) is 0 Å². The minimum Gasteiger partial charge on any atom is -0.497 e. The summed E-state index contributed by atoms with van der Waals surface area (Å²) in [5.74, 6) is -0.695. The first-order valence-corrected chi connectivity index (χ1v) is 6.67. The first-order chi connectivity index (χ1) is 10.6. The van der Waals surface area contributed by atoms with Crippen LogP contribution in [0.25, 0.3) is 0 Å². The lowest BCUT2D eigenvalue weighted by atomic mass is 10.0. The van der Waals surface area contributed by atoms with E-state index in [-0.39, 0.29) is 12.3 Å². The minimum atomic E-state index is -0.993. The van der Waals surface area contributed by atoms with Crippen LogP contribution in [0.2, 0.25) is 0 Å². The molecule has 22 heavy (non-hydrogen) atoms. The fraction of sp³-hybridized carbons (Fsp3) is 0.188. The Kier molecular flexibility index (Phi) is 5.08. The van der Waals surface area contributed by atoms with Crippen molar-refractivity contribution in [1.29, 1.82) is 0 Å². The fourth-order valence-corrected chi connectivity index (χ4v) is 2.00. The molecule has 6 heteroatoms. The van der Waals surface area contributed by atoms with Crippen LogP contribution in [0.15, 0.2) is 48.8 Å². The van der Waals surface area contributed by atoms with Crippen LogP contribution < -0.4 is 10.1 Å². The number of rotatable bonds is 6. The number of nitrogens with one attached hydrogen (secondary N) is 1. The van der Waals surface area contributed by atoms with Gasteiger partial charge < -0.3 is 15.2 Å². The lowest BCUT2D eigenvalue weighted by Crippen LogP contribution is -2.30. The van der Waals surface area contributed by atoms with Gasteiger partial charge in [-0.3, -0.25) is 14.6 Å². The molecule has 2 rings (SSSR count). The third kappa shape index (κ3) is 4.05. The summed E-state index contributed by atoms with van der Waals surface area (Å²) in [6, 6.07) is 9.55. The number of ether oxygens (including phenoxy) is 1. The molecule has 1 aromatic heterocycles. The fourth-order valence-electron chi connectivity index (χ4n) is 2.00. The molecular formula is C16H16N2O4. The summed E-state index contributed by atoms with van der Waals surface area (Å²) >= 11 is 0. The molecule has 0 radical (unpaired) electrons. The molecule has 2 N–H and O–H groups in total. The van der Waals surface area contributed by atoms with Gasteiger partial charge in [0, 0.05) is 12.4 Å². The Morgan fingerprint density at radius 3 is 2.55 bits per heavy atom. The molecule has 1 unspecified atom stereocenters. The summed E-state index contributed by atoms with van der Waals surface area (Å²) in [7, 11) is 1.55. The largest absolute Gasteiger partial charge is 0.497 e. The van der Waals surface area contributed by atoms with E-state index in [2.05, 4.69) is 10.3 Å². The second kappa shape index (κ2) is 7.21. The molecule has 0 aliphatic carbocycles. The maximum Gasteiger partial charge on any atom is 0.305 e. The van der Waals surface area contributed by atoms with Gasteiger partial charge in [0.1, 0.15) is 5.75 Å². The number of hydrogen-bond donors (Lipinski definition) is 2. The highest BCUT2D eigenvalue weighted by Gasteiger charge is 2.19. The predicted molar refractivity (Wildman–Crippen MR) is 79.7 cm³/mol. The van der Waals surface area contributed by atoms with Crippen molar-refractivity contribution < 1.29 is 19.4 Å². The highest BCUT2D eigenvalue weighted by Crippen LogP contribution is 2.21. The number of methoxy groups -OCH3 is 1. The van der Waals surface area contributed by atoms with Crippen LogP contribution in [0.3, 0.4) is 0 Å². The lowest BCUT2D eigenvalue weighted by Gasteiger charge is -2.17. The van der Waals surface area contributed by atoms with E-state index in [4.69, 9.17) is 9.84 Å². The molecular weight excluding hydrogens is 284 g/mol. The molecule has 0 bridgehead atoms. The van der Waals surface area contributed by atoms with Crippen molar-refractivity contribution in [3.8, 4) is 5.75 Å². The van der Waals surface area contributed by atoms with E-state index in [0.29, 0.717) is 16.9 Å². The van der Waals surface area contributed by atoms with E-state index in [1.807, 2.05) is 0 Å². The van der Waals surface area contributed by atoms with Crippen molar-refractivity contribution >= 4 is 11.9 Å². The number of carbonyl (C=O) groups is 2.